The van der Waals surface area contributed by atoms with Gasteiger partial charge < -0.3 is 4.90 Å². The Labute approximate surface area is 184 Å². The third-order valence-corrected chi connectivity index (χ3v) is 7.25. The lowest BCUT2D eigenvalue weighted by molar-refractivity contribution is 0.0981. The number of rotatable bonds is 6. The van der Waals surface area contributed by atoms with Gasteiger partial charge in [0.2, 0.25) is 0 Å². The second-order valence-corrected chi connectivity index (χ2v) is 9.42. The minimum Gasteiger partial charge on any atom is -0.364 e. The number of carbonyl (C=O) groups is 1. The molecule has 1 aliphatic heterocycles. The molecule has 0 aliphatic carbocycles. The molecule has 4 rings (SSSR count). The summed E-state index contributed by atoms with van der Waals surface area (Å²) in [6, 6.07) is 6.55. The van der Waals surface area contributed by atoms with Crippen LogP contribution in [0.5, 0.6) is 0 Å². The Morgan fingerprint density at radius 3 is 2.81 bits per heavy atom. The van der Waals surface area contributed by atoms with E-state index in [4.69, 9.17) is 0 Å². The van der Waals surface area contributed by atoms with Crippen LogP contribution < -0.4 is 9.62 Å². The molecule has 32 heavy (non-hydrogen) atoms. The highest BCUT2D eigenvalue weighted by molar-refractivity contribution is 7.87. The number of nitrogens with one attached hydrogen (secondary N) is 1. The number of hydrogen-bond acceptors (Lipinski definition) is 5. The van der Waals surface area contributed by atoms with Crippen LogP contribution in [0.25, 0.3) is 5.52 Å². The predicted molar refractivity (Wildman–Crippen MR) is 116 cm³/mol. The van der Waals surface area contributed by atoms with Gasteiger partial charge in [-0.25, -0.2) is 18.0 Å². The predicted octanol–water partition coefficient (Wildman–Crippen LogP) is 2.88. The van der Waals surface area contributed by atoms with Crippen LogP contribution in [0.15, 0.2) is 42.7 Å². The van der Waals surface area contributed by atoms with E-state index in [0.717, 1.165) is 22.9 Å². The summed E-state index contributed by atoms with van der Waals surface area (Å²) in [5.74, 6) is -1.78. The topological polar surface area (TPSA) is 87.0 Å². The highest BCUT2D eigenvalue weighted by atomic mass is 32.2. The van der Waals surface area contributed by atoms with Gasteiger partial charge in [0.1, 0.15) is 11.6 Å². The summed E-state index contributed by atoms with van der Waals surface area (Å²) in [5, 5.41) is 4.12. The van der Waals surface area contributed by atoms with Crippen molar-refractivity contribution in [1.29, 1.82) is 0 Å². The van der Waals surface area contributed by atoms with Gasteiger partial charge in [0.15, 0.2) is 0 Å². The third kappa shape index (κ3) is 4.05. The van der Waals surface area contributed by atoms with Crippen LogP contribution in [0, 0.1) is 11.6 Å². The molecule has 8 nitrogen and oxygen atoms in total. The van der Waals surface area contributed by atoms with Crippen molar-refractivity contribution in [1.82, 2.24) is 18.6 Å². The fraction of sp³-hybridized carbons (Fsp3) is 0.333. The first-order valence-electron chi connectivity index (χ1n) is 10.2. The number of fused-ring (bicyclic) bond motifs is 1. The SMILES string of the molecule is CCN(C)S(=O)(=O)NC(=O)c1cnn2ccc(N3CCC[C@@H]3c3cc(F)ccc3F)cc12. The van der Waals surface area contributed by atoms with Crippen LogP contribution in [0.4, 0.5) is 14.5 Å². The average Bonchev–Trinajstić information content (AvgIpc) is 3.41. The first-order valence-corrected chi connectivity index (χ1v) is 11.6. The maximum absolute atomic E-state index is 14.4. The van der Waals surface area contributed by atoms with Crippen LogP contribution in [0.3, 0.4) is 0 Å². The van der Waals surface area contributed by atoms with Crippen molar-refractivity contribution in [3.63, 3.8) is 0 Å². The van der Waals surface area contributed by atoms with Gasteiger partial charge in [-0.2, -0.15) is 17.8 Å². The Balaban J connectivity index is 1.68. The molecule has 3 aromatic rings. The van der Waals surface area contributed by atoms with Gasteiger partial charge in [-0.1, -0.05) is 6.92 Å². The number of halogens is 2. The zero-order valence-electron chi connectivity index (χ0n) is 17.6. The summed E-state index contributed by atoms with van der Waals surface area (Å²) in [5.41, 5.74) is 1.47. The van der Waals surface area contributed by atoms with Gasteiger partial charge >= 0.3 is 10.2 Å². The average molecular weight is 464 g/mol. The first-order chi connectivity index (χ1) is 15.2. The molecular formula is C21H23F2N5O3S. The maximum Gasteiger partial charge on any atom is 0.303 e. The highest BCUT2D eigenvalue weighted by Gasteiger charge is 2.30. The minimum atomic E-state index is -3.97. The van der Waals surface area contributed by atoms with E-state index in [1.165, 1.54) is 23.8 Å². The Morgan fingerprint density at radius 1 is 1.28 bits per heavy atom. The molecule has 1 atom stereocenters. The van der Waals surface area contributed by atoms with E-state index in [2.05, 4.69) is 5.10 Å². The standard InChI is InChI=1S/C21H23F2N5O3S/c1-3-26(2)32(30,31)25-21(29)17-13-24-28-10-8-15(12-20(17)28)27-9-4-5-19(27)16-11-14(22)6-7-18(16)23/h6-8,10-13,19H,3-5,9H2,1-2H3,(H,25,29)/t19-/m1/s1. The molecule has 2 aromatic heterocycles. The molecule has 170 valence electrons. The molecule has 1 fully saturated rings. The highest BCUT2D eigenvalue weighted by Crippen LogP contribution is 2.38. The fourth-order valence-electron chi connectivity index (χ4n) is 3.91. The van der Waals surface area contributed by atoms with E-state index in [1.807, 2.05) is 9.62 Å². The van der Waals surface area contributed by atoms with Crippen LogP contribution in [-0.2, 0) is 10.2 Å². The fourth-order valence-corrected chi connectivity index (χ4v) is 4.75. The van der Waals surface area contributed by atoms with Gasteiger partial charge in [0, 0.05) is 37.6 Å². The van der Waals surface area contributed by atoms with Gasteiger partial charge in [-0.05, 0) is 43.2 Å². The molecule has 0 bridgehead atoms. The molecule has 1 N–H and O–H groups in total. The van der Waals surface area contributed by atoms with E-state index in [9.17, 15) is 22.0 Å². The lowest BCUT2D eigenvalue weighted by Gasteiger charge is -2.27. The Bertz CT molecular complexity index is 1280. The minimum absolute atomic E-state index is 0.0904. The van der Waals surface area contributed by atoms with Gasteiger partial charge in [-0.15, -0.1) is 0 Å². The van der Waals surface area contributed by atoms with Crippen LogP contribution in [0.1, 0.15) is 41.7 Å². The van der Waals surface area contributed by atoms with E-state index in [0.29, 0.717) is 24.2 Å². The van der Waals surface area contributed by atoms with E-state index in [-0.39, 0.29) is 23.7 Å². The summed E-state index contributed by atoms with van der Waals surface area (Å²) < 4.78 is 57.2. The van der Waals surface area contributed by atoms with Crippen molar-refractivity contribution in [3.8, 4) is 0 Å². The molecule has 0 radical (unpaired) electrons. The first kappa shape index (κ1) is 22.2. The normalized spacial score (nSPS) is 16.8. The number of nitrogens with zero attached hydrogens (tertiary/aromatic N) is 4. The van der Waals surface area contributed by atoms with Gasteiger partial charge in [0.05, 0.1) is 23.3 Å². The smallest absolute Gasteiger partial charge is 0.303 e. The zero-order valence-corrected chi connectivity index (χ0v) is 18.4. The number of pyridine rings is 1. The number of hydrogen-bond donors (Lipinski definition) is 1. The molecule has 0 saturated carbocycles. The Kier molecular flexibility index (Phi) is 5.87. The molecule has 11 heteroatoms. The summed E-state index contributed by atoms with van der Waals surface area (Å²) in [7, 11) is -2.61. The number of benzene rings is 1. The lowest BCUT2D eigenvalue weighted by atomic mass is 10.0. The van der Waals surface area contributed by atoms with Crippen molar-refractivity contribution in [2.45, 2.75) is 25.8 Å². The number of carbonyl (C=O) groups excluding carboxylic acids is 1. The molecule has 1 amide bonds. The largest absolute Gasteiger partial charge is 0.364 e. The lowest BCUT2D eigenvalue weighted by Crippen LogP contribution is -2.41. The molecule has 3 heterocycles. The molecule has 1 aromatic carbocycles. The van der Waals surface area contributed by atoms with Crippen molar-refractivity contribution in [2.24, 2.45) is 0 Å². The van der Waals surface area contributed by atoms with E-state index in [1.54, 1.807) is 25.3 Å². The second kappa shape index (κ2) is 8.47. The Morgan fingerprint density at radius 2 is 2.06 bits per heavy atom. The van der Waals surface area contributed by atoms with Crippen LogP contribution in [-0.4, -0.2) is 48.4 Å². The van der Waals surface area contributed by atoms with Crippen molar-refractivity contribution < 1.29 is 22.0 Å². The third-order valence-electron chi connectivity index (χ3n) is 5.73. The van der Waals surface area contributed by atoms with Gasteiger partial charge in [0.25, 0.3) is 5.91 Å². The quantitative estimate of drug-likeness (QED) is 0.608. The number of amides is 1. The Hall–Kier alpha value is -3.05. The zero-order chi connectivity index (χ0) is 23.0. The molecular weight excluding hydrogens is 440 g/mol. The van der Waals surface area contributed by atoms with Crippen molar-refractivity contribution >= 4 is 27.3 Å². The van der Waals surface area contributed by atoms with Crippen molar-refractivity contribution in [2.75, 3.05) is 25.0 Å². The van der Waals surface area contributed by atoms with Crippen LogP contribution in [0.2, 0.25) is 0 Å². The summed E-state index contributed by atoms with van der Waals surface area (Å²) in [6.45, 7) is 2.48. The molecule has 0 spiro atoms. The molecule has 0 unspecified atom stereocenters. The summed E-state index contributed by atoms with van der Waals surface area (Å²) >= 11 is 0. The van der Waals surface area contributed by atoms with Crippen LogP contribution >= 0.6 is 0 Å². The van der Waals surface area contributed by atoms with Crippen molar-refractivity contribution in [3.05, 3.63) is 65.5 Å². The molecule has 1 saturated heterocycles. The molecule has 1 aliphatic rings. The number of anilines is 1. The second-order valence-electron chi connectivity index (χ2n) is 7.64. The van der Waals surface area contributed by atoms with Gasteiger partial charge in [-0.3, -0.25) is 4.79 Å². The maximum atomic E-state index is 14.4. The summed E-state index contributed by atoms with van der Waals surface area (Å²) in [6.07, 6.45) is 4.38. The number of aromatic nitrogens is 2. The monoisotopic (exact) mass is 463 g/mol. The summed E-state index contributed by atoms with van der Waals surface area (Å²) in [4.78, 5) is 14.6. The van der Waals surface area contributed by atoms with E-state index < -0.39 is 27.8 Å². The van der Waals surface area contributed by atoms with E-state index >= 15 is 0 Å².